The lowest BCUT2D eigenvalue weighted by molar-refractivity contribution is -0.117. The largest absolute Gasteiger partial charge is 0.326 e. The molecule has 3 rings (SSSR count). The molecule has 2 fully saturated rings. The summed E-state index contributed by atoms with van der Waals surface area (Å²) in [6.07, 6.45) is 9.74. The molecule has 1 N–H and O–H groups in total. The van der Waals surface area contributed by atoms with Gasteiger partial charge < -0.3 is 10.2 Å². The Hall–Kier alpha value is -1.84. The molecule has 0 aromatic heterocycles. The zero-order valence-corrected chi connectivity index (χ0v) is 14.6. The van der Waals surface area contributed by atoms with E-state index in [4.69, 9.17) is 0 Å². The van der Waals surface area contributed by atoms with E-state index in [1.54, 1.807) is 0 Å². The van der Waals surface area contributed by atoms with E-state index in [9.17, 15) is 9.59 Å². The minimum Gasteiger partial charge on any atom is -0.326 e. The van der Waals surface area contributed by atoms with Crippen molar-refractivity contribution < 1.29 is 9.59 Å². The first kappa shape index (κ1) is 17.0. The zero-order chi connectivity index (χ0) is 16.9. The van der Waals surface area contributed by atoms with Crippen LogP contribution in [0.2, 0.25) is 0 Å². The predicted molar refractivity (Wildman–Crippen MR) is 97.2 cm³/mol. The van der Waals surface area contributed by atoms with Crippen LogP contribution in [-0.2, 0) is 9.59 Å². The number of benzene rings is 1. The van der Waals surface area contributed by atoms with Crippen LogP contribution in [0, 0.1) is 12.8 Å². The maximum Gasteiger partial charge on any atom is 0.227 e. The highest BCUT2D eigenvalue weighted by Gasteiger charge is 2.23. The third-order valence-corrected chi connectivity index (χ3v) is 5.35. The van der Waals surface area contributed by atoms with Gasteiger partial charge in [0.15, 0.2) is 0 Å². The Labute approximate surface area is 144 Å². The average Bonchev–Trinajstić information content (AvgIpc) is 3.00. The van der Waals surface area contributed by atoms with Gasteiger partial charge in [0.05, 0.1) is 0 Å². The first-order valence-corrected chi connectivity index (χ1v) is 9.34. The molecule has 1 saturated heterocycles. The zero-order valence-electron chi connectivity index (χ0n) is 14.6. The van der Waals surface area contributed by atoms with Gasteiger partial charge in [-0.3, -0.25) is 9.59 Å². The maximum absolute atomic E-state index is 12.2. The number of anilines is 2. The molecule has 4 heteroatoms. The maximum atomic E-state index is 12.2. The minimum absolute atomic E-state index is 0.102. The van der Waals surface area contributed by atoms with Crippen LogP contribution < -0.4 is 10.2 Å². The molecule has 0 unspecified atom stereocenters. The summed E-state index contributed by atoms with van der Waals surface area (Å²) in [5, 5.41) is 3.01. The van der Waals surface area contributed by atoms with Crippen LogP contribution in [0.25, 0.3) is 0 Å². The highest BCUT2D eigenvalue weighted by molar-refractivity contribution is 5.97. The second kappa shape index (κ2) is 7.82. The van der Waals surface area contributed by atoms with Gasteiger partial charge in [0.1, 0.15) is 0 Å². The van der Waals surface area contributed by atoms with Crippen molar-refractivity contribution in [3.8, 4) is 0 Å². The van der Waals surface area contributed by atoms with Gasteiger partial charge in [-0.1, -0.05) is 32.1 Å². The predicted octanol–water partition coefficient (Wildman–Crippen LogP) is 4.42. The van der Waals surface area contributed by atoms with Gasteiger partial charge in [-0.15, -0.1) is 0 Å². The lowest BCUT2D eigenvalue weighted by atomic mass is 9.86. The summed E-state index contributed by atoms with van der Waals surface area (Å²) < 4.78 is 0. The Balaban J connectivity index is 1.54. The summed E-state index contributed by atoms with van der Waals surface area (Å²) in [7, 11) is 0. The van der Waals surface area contributed by atoms with E-state index in [1.165, 1.54) is 32.1 Å². The molecule has 2 amide bonds. The van der Waals surface area contributed by atoms with Crippen LogP contribution in [0.3, 0.4) is 0 Å². The van der Waals surface area contributed by atoms with E-state index in [1.807, 2.05) is 30.0 Å². The molecule has 24 heavy (non-hydrogen) atoms. The highest BCUT2D eigenvalue weighted by Crippen LogP contribution is 2.29. The van der Waals surface area contributed by atoms with E-state index in [2.05, 4.69) is 5.32 Å². The number of nitrogens with zero attached hydrogens (tertiary/aromatic N) is 1. The monoisotopic (exact) mass is 328 g/mol. The minimum atomic E-state index is 0.102. The van der Waals surface area contributed by atoms with Gasteiger partial charge in [-0.25, -0.2) is 0 Å². The molecule has 1 aliphatic carbocycles. The van der Waals surface area contributed by atoms with Crippen molar-refractivity contribution in [3.63, 3.8) is 0 Å². The average molecular weight is 328 g/mol. The smallest absolute Gasteiger partial charge is 0.227 e. The molecule has 1 aromatic rings. The number of hydrogen-bond acceptors (Lipinski definition) is 2. The Morgan fingerprint density at radius 3 is 2.67 bits per heavy atom. The third kappa shape index (κ3) is 4.16. The van der Waals surface area contributed by atoms with Crippen molar-refractivity contribution >= 4 is 23.2 Å². The van der Waals surface area contributed by atoms with E-state index in [-0.39, 0.29) is 11.8 Å². The summed E-state index contributed by atoms with van der Waals surface area (Å²) in [4.78, 5) is 25.9. The molecule has 0 bridgehead atoms. The summed E-state index contributed by atoms with van der Waals surface area (Å²) in [5.74, 6) is 1.03. The van der Waals surface area contributed by atoms with Gasteiger partial charge in [0.2, 0.25) is 11.8 Å². The Bertz CT molecular complexity index is 606. The van der Waals surface area contributed by atoms with Crippen molar-refractivity contribution in [1.82, 2.24) is 0 Å². The molecule has 130 valence electrons. The van der Waals surface area contributed by atoms with Crippen molar-refractivity contribution in [1.29, 1.82) is 0 Å². The lowest BCUT2D eigenvalue weighted by Crippen LogP contribution is -2.24. The quantitative estimate of drug-likeness (QED) is 0.870. The molecular formula is C20H28N2O2. The van der Waals surface area contributed by atoms with Gasteiger partial charge >= 0.3 is 0 Å². The van der Waals surface area contributed by atoms with E-state index in [0.717, 1.165) is 42.2 Å². The van der Waals surface area contributed by atoms with E-state index < -0.39 is 0 Å². The number of rotatable bonds is 5. The molecule has 1 aliphatic heterocycles. The molecule has 1 heterocycles. The molecule has 0 spiro atoms. The fourth-order valence-corrected chi connectivity index (χ4v) is 3.97. The van der Waals surface area contributed by atoms with Crippen molar-refractivity contribution in [2.24, 2.45) is 5.92 Å². The fourth-order valence-electron chi connectivity index (χ4n) is 3.97. The Morgan fingerprint density at radius 2 is 2.00 bits per heavy atom. The number of aryl methyl sites for hydroxylation is 1. The van der Waals surface area contributed by atoms with Crippen LogP contribution in [-0.4, -0.2) is 18.4 Å². The Morgan fingerprint density at radius 1 is 1.21 bits per heavy atom. The normalized spacial score (nSPS) is 18.9. The number of nitrogens with one attached hydrogen (secondary N) is 1. The second-order valence-electron chi connectivity index (χ2n) is 7.24. The van der Waals surface area contributed by atoms with Gasteiger partial charge in [-0.2, -0.15) is 0 Å². The first-order valence-electron chi connectivity index (χ1n) is 9.34. The second-order valence-corrected chi connectivity index (χ2v) is 7.24. The summed E-state index contributed by atoms with van der Waals surface area (Å²) in [5.41, 5.74) is 2.84. The van der Waals surface area contributed by atoms with Gasteiger partial charge in [-0.05, 0) is 49.4 Å². The molecule has 1 aromatic carbocycles. The SMILES string of the molecule is Cc1cc(NC(=O)CCC2CCCCC2)ccc1N1CCCC1=O. The molecule has 0 atom stereocenters. The van der Waals surface area contributed by atoms with Crippen molar-refractivity contribution in [2.45, 2.75) is 64.7 Å². The highest BCUT2D eigenvalue weighted by atomic mass is 16.2. The summed E-state index contributed by atoms with van der Waals surface area (Å²) in [6, 6.07) is 5.83. The van der Waals surface area contributed by atoms with Gasteiger partial charge in [0.25, 0.3) is 0 Å². The molecule has 0 radical (unpaired) electrons. The third-order valence-electron chi connectivity index (χ3n) is 5.35. The molecule has 1 saturated carbocycles. The topological polar surface area (TPSA) is 49.4 Å². The van der Waals surface area contributed by atoms with E-state index in [0.29, 0.717) is 12.8 Å². The van der Waals surface area contributed by atoms with Crippen LogP contribution in [0.1, 0.15) is 63.4 Å². The Kier molecular flexibility index (Phi) is 5.54. The number of carbonyl (C=O) groups is 2. The van der Waals surface area contributed by atoms with Crippen LogP contribution in [0.5, 0.6) is 0 Å². The summed E-state index contributed by atoms with van der Waals surface area (Å²) >= 11 is 0. The van der Waals surface area contributed by atoms with Crippen molar-refractivity contribution in [3.05, 3.63) is 23.8 Å². The summed E-state index contributed by atoms with van der Waals surface area (Å²) in [6.45, 7) is 2.80. The van der Waals surface area contributed by atoms with Crippen molar-refractivity contribution in [2.75, 3.05) is 16.8 Å². The molecular weight excluding hydrogens is 300 g/mol. The molecule has 2 aliphatic rings. The number of carbonyl (C=O) groups excluding carboxylic acids is 2. The van der Waals surface area contributed by atoms with Crippen LogP contribution in [0.15, 0.2) is 18.2 Å². The van der Waals surface area contributed by atoms with Crippen LogP contribution in [0.4, 0.5) is 11.4 Å². The van der Waals surface area contributed by atoms with E-state index >= 15 is 0 Å². The lowest BCUT2D eigenvalue weighted by Gasteiger charge is -2.21. The van der Waals surface area contributed by atoms with Gasteiger partial charge in [0, 0.05) is 30.8 Å². The first-order chi connectivity index (χ1) is 11.6. The van der Waals surface area contributed by atoms with Crippen LogP contribution >= 0.6 is 0 Å². The number of hydrogen-bond donors (Lipinski definition) is 1. The molecule has 4 nitrogen and oxygen atoms in total. The standard InChI is InChI=1S/C20H28N2O2/c1-15-14-17(10-11-18(15)22-13-5-8-20(22)24)21-19(23)12-9-16-6-3-2-4-7-16/h10-11,14,16H,2-9,12-13H2,1H3,(H,21,23). The number of amides is 2. The fraction of sp³-hybridized carbons (Fsp3) is 0.600.